The van der Waals surface area contributed by atoms with Crippen molar-refractivity contribution in [1.29, 1.82) is 0 Å². The van der Waals surface area contributed by atoms with Gasteiger partial charge in [0.2, 0.25) is 0 Å². The van der Waals surface area contributed by atoms with Gasteiger partial charge in [0.25, 0.3) is 0 Å². The second-order valence-corrected chi connectivity index (χ2v) is 7.84. The van der Waals surface area contributed by atoms with E-state index in [9.17, 15) is 0 Å². The molecule has 1 fully saturated rings. The lowest BCUT2D eigenvalue weighted by Gasteiger charge is -2.36. The molecule has 0 bridgehead atoms. The number of nitrogens with zero attached hydrogens (tertiary/aromatic N) is 3. The normalized spacial score (nSPS) is 15.8. The van der Waals surface area contributed by atoms with Crippen molar-refractivity contribution < 1.29 is 9.47 Å². The van der Waals surface area contributed by atoms with Crippen LogP contribution in [0.1, 0.15) is 18.2 Å². The van der Waals surface area contributed by atoms with Crippen LogP contribution in [0.15, 0.2) is 48.7 Å². The first-order valence-corrected chi connectivity index (χ1v) is 10.8. The average molecular weight is 441 g/mol. The molecular formula is C24H29ClN4O2. The van der Waals surface area contributed by atoms with E-state index in [0.29, 0.717) is 6.61 Å². The maximum absolute atomic E-state index is 5.81. The second kappa shape index (κ2) is 9.62. The van der Waals surface area contributed by atoms with Gasteiger partial charge in [-0.1, -0.05) is 12.1 Å². The lowest BCUT2D eigenvalue weighted by molar-refractivity contribution is 0.246. The van der Waals surface area contributed by atoms with Gasteiger partial charge in [-0.2, -0.15) is 0 Å². The van der Waals surface area contributed by atoms with E-state index in [1.54, 1.807) is 0 Å². The topological polar surface area (TPSA) is 53.6 Å². The number of halogens is 1. The number of benzene rings is 2. The van der Waals surface area contributed by atoms with Gasteiger partial charge in [0.1, 0.15) is 17.3 Å². The van der Waals surface area contributed by atoms with E-state index in [1.807, 2.05) is 19.2 Å². The highest BCUT2D eigenvalue weighted by Crippen LogP contribution is 2.30. The van der Waals surface area contributed by atoms with Crippen molar-refractivity contribution >= 4 is 18.1 Å². The van der Waals surface area contributed by atoms with Crippen molar-refractivity contribution in [2.75, 3.05) is 44.3 Å². The van der Waals surface area contributed by atoms with Crippen LogP contribution in [0.4, 0.5) is 5.69 Å². The third-order valence-corrected chi connectivity index (χ3v) is 5.86. The minimum Gasteiger partial charge on any atom is -0.493 e. The van der Waals surface area contributed by atoms with Gasteiger partial charge in [-0.15, -0.1) is 12.4 Å². The molecule has 0 saturated carbocycles. The van der Waals surface area contributed by atoms with Crippen molar-refractivity contribution in [1.82, 2.24) is 14.9 Å². The highest BCUT2D eigenvalue weighted by Gasteiger charge is 2.20. The molecule has 2 aromatic carbocycles. The van der Waals surface area contributed by atoms with Crippen LogP contribution < -0.4 is 14.4 Å². The highest BCUT2D eigenvalue weighted by molar-refractivity contribution is 5.85. The molecule has 31 heavy (non-hydrogen) atoms. The van der Waals surface area contributed by atoms with Gasteiger partial charge in [0.05, 0.1) is 18.9 Å². The van der Waals surface area contributed by atoms with Gasteiger partial charge >= 0.3 is 0 Å². The Labute approximate surface area is 189 Å². The van der Waals surface area contributed by atoms with E-state index in [0.717, 1.165) is 74.3 Å². The molecule has 0 atom stereocenters. The molecule has 0 amide bonds. The Morgan fingerprint density at radius 1 is 1.10 bits per heavy atom. The van der Waals surface area contributed by atoms with Gasteiger partial charge in [-0.3, -0.25) is 4.90 Å². The number of anilines is 1. The summed E-state index contributed by atoms with van der Waals surface area (Å²) in [5, 5.41) is 0. The molecule has 7 heteroatoms. The Balaban J connectivity index is 0.00000231. The highest BCUT2D eigenvalue weighted by atomic mass is 35.5. The Kier molecular flexibility index (Phi) is 6.68. The predicted molar refractivity (Wildman–Crippen MR) is 126 cm³/mol. The number of nitrogens with one attached hydrogen (secondary N) is 1. The number of rotatable bonds is 6. The van der Waals surface area contributed by atoms with E-state index in [4.69, 9.17) is 9.47 Å². The van der Waals surface area contributed by atoms with Gasteiger partial charge in [-0.05, 0) is 42.8 Å². The molecule has 2 aliphatic rings. The number of ether oxygens (including phenoxy) is 2. The molecule has 0 radical (unpaired) electrons. The van der Waals surface area contributed by atoms with Gasteiger partial charge < -0.3 is 19.4 Å². The number of hydrogen-bond acceptors (Lipinski definition) is 5. The van der Waals surface area contributed by atoms with Crippen LogP contribution in [0.25, 0.3) is 11.4 Å². The van der Waals surface area contributed by atoms with E-state index in [-0.39, 0.29) is 12.4 Å². The molecule has 2 aliphatic heterocycles. The zero-order valence-corrected chi connectivity index (χ0v) is 18.7. The Bertz CT molecular complexity index is 1010. The maximum Gasteiger partial charge on any atom is 0.142 e. The number of hydrogen-bond donors (Lipinski definition) is 1. The minimum atomic E-state index is 0. The standard InChI is InChI=1S/C24H28N4O2.ClH/c1-2-29-23-6-4-3-5-21(23)28-12-10-27(11-13-28)17-20-16-25-24(26-20)19-7-8-22-18(15-19)9-14-30-22;/h3-8,15-16H,2,9-14,17H2,1H3,(H,25,26);1H. The largest absolute Gasteiger partial charge is 0.493 e. The van der Waals surface area contributed by atoms with Crippen LogP contribution in [-0.2, 0) is 13.0 Å². The summed E-state index contributed by atoms with van der Waals surface area (Å²) in [4.78, 5) is 13.0. The summed E-state index contributed by atoms with van der Waals surface area (Å²) >= 11 is 0. The van der Waals surface area contributed by atoms with Crippen molar-refractivity contribution in [3.05, 3.63) is 59.9 Å². The fraction of sp³-hybridized carbons (Fsp3) is 0.375. The van der Waals surface area contributed by atoms with Crippen molar-refractivity contribution in [3.8, 4) is 22.9 Å². The van der Waals surface area contributed by atoms with Gasteiger partial charge in [0, 0.05) is 56.6 Å². The van der Waals surface area contributed by atoms with Gasteiger partial charge in [0.15, 0.2) is 0 Å². The first kappa shape index (κ1) is 21.5. The molecule has 6 nitrogen and oxygen atoms in total. The molecule has 1 N–H and O–H groups in total. The summed E-state index contributed by atoms with van der Waals surface area (Å²) in [5.74, 6) is 2.92. The minimum absolute atomic E-state index is 0. The molecule has 1 aromatic heterocycles. The van der Waals surface area contributed by atoms with E-state index in [1.165, 1.54) is 11.3 Å². The number of piperazine rings is 1. The van der Waals surface area contributed by atoms with Crippen LogP contribution in [0.5, 0.6) is 11.5 Å². The molecular weight excluding hydrogens is 412 g/mol. The third-order valence-electron chi connectivity index (χ3n) is 5.86. The summed E-state index contributed by atoms with van der Waals surface area (Å²) in [7, 11) is 0. The predicted octanol–water partition coefficient (Wildman–Crippen LogP) is 4.15. The summed E-state index contributed by atoms with van der Waals surface area (Å²) < 4.78 is 11.4. The number of fused-ring (bicyclic) bond motifs is 1. The third kappa shape index (κ3) is 4.65. The quantitative estimate of drug-likeness (QED) is 0.624. The fourth-order valence-corrected chi connectivity index (χ4v) is 4.30. The Morgan fingerprint density at radius 3 is 2.77 bits per heavy atom. The fourth-order valence-electron chi connectivity index (χ4n) is 4.30. The van der Waals surface area contributed by atoms with Crippen molar-refractivity contribution in [2.24, 2.45) is 0 Å². The molecule has 0 aliphatic carbocycles. The van der Waals surface area contributed by atoms with Crippen LogP contribution in [0, 0.1) is 0 Å². The first-order valence-electron chi connectivity index (χ1n) is 10.8. The number of imidazole rings is 1. The SMILES string of the molecule is CCOc1ccccc1N1CCN(Cc2cnc(-c3ccc4c(c3)CCO4)[nH]2)CC1.Cl. The van der Waals surface area contributed by atoms with Gasteiger partial charge in [-0.25, -0.2) is 4.98 Å². The second-order valence-electron chi connectivity index (χ2n) is 7.84. The van der Waals surface area contributed by atoms with Crippen molar-refractivity contribution in [3.63, 3.8) is 0 Å². The molecule has 0 unspecified atom stereocenters. The molecule has 0 spiro atoms. The van der Waals surface area contributed by atoms with Crippen molar-refractivity contribution in [2.45, 2.75) is 19.9 Å². The molecule has 3 heterocycles. The summed E-state index contributed by atoms with van der Waals surface area (Å²) in [6.45, 7) is 8.42. The number of H-pyrrole nitrogens is 1. The van der Waals surface area contributed by atoms with E-state index in [2.05, 4.69) is 56.2 Å². The lowest BCUT2D eigenvalue weighted by Crippen LogP contribution is -2.46. The van der Waals surface area contributed by atoms with Crippen LogP contribution in [0.2, 0.25) is 0 Å². The molecule has 5 rings (SSSR count). The summed E-state index contributed by atoms with van der Waals surface area (Å²) in [6.07, 6.45) is 2.95. The summed E-state index contributed by atoms with van der Waals surface area (Å²) in [6, 6.07) is 14.7. The smallest absolute Gasteiger partial charge is 0.142 e. The first-order chi connectivity index (χ1) is 14.8. The maximum atomic E-state index is 5.81. The zero-order valence-electron chi connectivity index (χ0n) is 17.8. The van der Waals surface area contributed by atoms with E-state index < -0.39 is 0 Å². The van der Waals surface area contributed by atoms with Crippen LogP contribution >= 0.6 is 12.4 Å². The van der Waals surface area contributed by atoms with E-state index >= 15 is 0 Å². The monoisotopic (exact) mass is 440 g/mol. The number of aromatic nitrogens is 2. The zero-order chi connectivity index (χ0) is 20.3. The number of para-hydroxylation sites is 2. The number of aromatic amines is 1. The Morgan fingerprint density at radius 2 is 1.94 bits per heavy atom. The van der Waals surface area contributed by atoms with Crippen LogP contribution in [-0.4, -0.2) is 54.3 Å². The average Bonchev–Trinajstić information content (AvgIpc) is 3.44. The Hall–Kier alpha value is -2.70. The molecule has 164 valence electrons. The summed E-state index contributed by atoms with van der Waals surface area (Å²) in [5.41, 5.74) is 4.75. The van der Waals surface area contributed by atoms with Crippen LogP contribution in [0.3, 0.4) is 0 Å². The molecule has 1 saturated heterocycles. The molecule has 3 aromatic rings. The lowest BCUT2D eigenvalue weighted by atomic mass is 10.1.